The molecule has 1 aromatic heterocycles. The van der Waals surface area contributed by atoms with E-state index in [4.69, 9.17) is 16.3 Å². The van der Waals surface area contributed by atoms with Crippen molar-refractivity contribution in [1.82, 2.24) is 9.97 Å². The third-order valence-electron chi connectivity index (χ3n) is 2.50. The molecule has 0 aliphatic rings. The molecule has 0 radical (unpaired) electrons. The van der Waals surface area contributed by atoms with Gasteiger partial charge in [0.2, 0.25) is 0 Å². The van der Waals surface area contributed by atoms with E-state index in [1.165, 1.54) is 0 Å². The van der Waals surface area contributed by atoms with Crippen molar-refractivity contribution < 1.29 is 4.74 Å². The lowest BCUT2D eigenvalue weighted by molar-refractivity contribution is 0.104. The molecule has 0 amide bonds. The summed E-state index contributed by atoms with van der Waals surface area (Å²) in [4.78, 5) is 8.51. The fraction of sp³-hybridized carbons (Fsp3) is 0.286. The van der Waals surface area contributed by atoms with Crippen LogP contribution in [0.25, 0.3) is 0 Å². The molecule has 1 heterocycles. The van der Waals surface area contributed by atoms with Crippen LogP contribution in [-0.2, 0) is 18.0 Å². The maximum Gasteiger partial charge on any atom is 0.144 e. The van der Waals surface area contributed by atoms with Gasteiger partial charge in [0.15, 0.2) is 0 Å². The molecule has 1 N–H and O–H groups in total. The van der Waals surface area contributed by atoms with Crippen molar-refractivity contribution in [2.75, 3.05) is 11.9 Å². The molecule has 0 bridgehead atoms. The number of ether oxygens (including phenoxy) is 1. The molecule has 4 nitrogen and oxygen atoms in total. The fourth-order valence-corrected chi connectivity index (χ4v) is 1.68. The van der Waals surface area contributed by atoms with Crippen LogP contribution in [0.4, 0.5) is 5.82 Å². The Kier molecular flexibility index (Phi) is 5.12. The average Bonchev–Trinajstić information content (AvgIpc) is 2.43. The molecule has 0 saturated carbocycles. The van der Waals surface area contributed by atoms with Crippen LogP contribution in [0.2, 0.25) is 5.02 Å². The Morgan fingerprint density at radius 3 is 2.53 bits per heavy atom. The fourth-order valence-electron chi connectivity index (χ4n) is 1.56. The number of nitrogens with one attached hydrogen (secondary N) is 1. The van der Waals surface area contributed by atoms with Crippen LogP contribution < -0.4 is 5.32 Å². The minimum Gasteiger partial charge on any atom is -0.370 e. The quantitative estimate of drug-likeness (QED) is 0.880. The second kappa shape index (κ2) is 7.07. The molecule has 0 aliphatic carbocycles. The van der Waals surface area contributed by atoms with Gasteiger partial charge < -0.3 is 10.1 Å². The van der Waals surface area contributed by atoms with Crippen molar-refractivity contribution in [3.8, 4) is 0 Å². The lowest BCUT2D eigenvalue weighted by Gasteiger charge is -2.05. The number of anilines is 1. The van der Waals surface area contributed by atoms with Crippen molar-refractivity contribution in [1.29, 1.82) is 0 Å². The lowest BCUT2D eigenvalue weighted by atomic mass is 10.2. The van der Waals surface area contributed by atoms with Gasteiger partial charge in [-0.1, -0.05) is 23.7 Å². The van der Waals surface area contributed by atoms with Crippen LogP contribution in [-0.4, -0.2) is 16.5 Å². The van der Waals surface area contributed by atoms with E-state index in [0.29, 0.717) is 13.2 Å². The van der Waals surface area contributed by atoms with E-state index >= 15 is 0 Å². The first-order valence-corrected chi connectivity index (χ1v) is 6.52. The van der Waals surface area contributed by atoms with E-state index in [9.17, 15) is 0 Å². The molecule has 2 rings (SSSR count). The second-order valence-electron chi connectivity index (χ2n) is 4.04. The second-order valence-corrected chi connectivity index (χ2v) is 4.48. The largest absolute Gasteiger partial charge is 0.370 e. The topological polar surface area (TPSA) is 47.0 Å². The van der Waals surface area contributed by atoms with Gasteiger partial charge in [-0.05, 0) is 24.6 Å². The summed E-state index contributed by atoms with van der Waals surface area (Å²) in [7, 11) is 0. The number of nitrogens with zero attached hydrogens (tertiary/aromatic N) is 2. The minimum absolute atomic E-state index is 0.446. The number of hydrogen-bond donors (Lipinski definition) is 1. The third-order valence-corrected chi connectivity index (χ3v) is 2.75. The van der Waals surface area contributed by atoms with Crippen molar-refractivity contribution in [2.45, 2.75) is 20.1 Å². The number of rotatable bonds is 6. The highest BCUT2D eigenvalue weighted by Crippen LogP contribution is 2.11. The molecule has 0 fully saturated rings. The average molecular weight is 278 g/mol. The summed E-state index contributed by atoms with van der Waals surface area (Å²) < 4.78 is 5.58. The van der Waals surface area contributed by atoms with E-state index in [1.54, 1.807) is 12.4 Å². The van der Waals surface area contributed by atoms with Gasteiger partial charge in [-0.2, -0.15) is 0 Å². The molecule has 2 aromatic rings. The maximum atomic E-state index is 5.82. The zero-order valence-electron chi connectivity index (χ0n) is 10.8. The number of hydrogen-bond acceptors (Lipinski definition) is 4. The van der Waals surface area contributed by atoms with Gasteiger partial charge in [0.05, 0.1) is 31.3 Å². The highest BCUT2D eigenvalue weighted by Gasteiger charge is 1.98. The van der Waals surface area contributed by atoms with Gasteiger partial charge in [0.1, 0.15) is 5.82 Å². The number of aromatic nitrogens is 2. The highest BCUT2D eigenvalue weighted by atomic mass is 35.5. The van der Waals surface area contributed by atoms with Crippen LogP contribution >= 0.6 is 11.6 Å². The molecule has 0 aliphatic heterocycles. The normalized spacial score (nSPS) is 10.4. The highest BCUT2D eigenvalue weighted by molar-refractivity contribution is 6.30. The van der Waals surface area contributed by atoms with Gasteiger partial charge in [-0.3, -0.25) is 4.98 Å². The summed E-state index contributed by atoms with van der Waals surface area (Å²) in [5, 5.41) is 3.83. The first-order chi connectivity index (χ1) is 9.28. The molecule has 5 heteroatoms. The van der Waals surface area contributed by atoms with Gasteiger partial charge in [0, 0.05) is 11.6 Å². The van der Waals surface area contributed by atoms with Crippen molar-refractivity contribution >= 4 is 17.4 Å². The Morgan fingerprint density at radius 2 is 1.89 bits per heavy atom. The van der Waals surface area contributed by atoms with E-state index < -0.39 is 0 Å². The van der Waals surface area contributed by atoms with Crippen molar-refractivity contribution in [2.24, 2.45) is 0 Å². The van der Waals surface area contributed by atoms with Gasteiger partial charge in [0.25, 0.3) is 0 Å². The number of benzene rings is 1. The summed E-state index contributed by atoms with van der Waals surface area (Å²) in [6, 6.07) is 7.60. The van der Waals surface area contributed by atoms with Gasteiger partial charge in [-0.25, -0.2) is 4.98 Å². The first-order valence-electron chi connectivity index (χ1n) is 6.15. The Hall–Kier alpha value is -1.65. The first kappa shape index (κ1) is 13.8. The zero-order valence-corrected chi connectivity index (χ0v) is 11.5. The molecule has 100 valence electrons. The van der Waals surface area contributed by atoms with Crippen LogP contribution in [0, 0.1) is 0 Å². The molecular formula is C14H16ClN3O. The Labute approximate surface area is 117 Å². The molecule has 0 spiro atoms. The molecule has 0 atom stereocenters. The van der Waals surface area contributed by atoms with Gasteiger partial charge >= 0.3 is 0 Å². The monoisotopic (exact) mass is 277 g/mol. The van der Waals surface area contributed by atoms with Crippen LogP contribution in [0.15, 0.2) is 36.7 Å². The lowest BCUT2D eigenvalue weighted by Crippen LogP contribution is -2.02. The molecular weight excluding hydrogens is 262 g/mol. The van der Waals surface area contributed by atoms with E-state index in [0.717, 1.165) is 28.6 Å². The predicted molar refractivity (Wildman–Crippen MR) is 76.1 cm³/mol. The summed E-state index contributed by atoms with van der Waals surface area (Å²) in [5.74, 6) is 0.781. The van der Waals surface area contributed by atoms with E-state index in [1.807, 2.05) is 31.2 Å². The maximum absolute atomic E-state index is 5.82. The van der Waals surface area contributed by atoms with Crippen LogP contribution in [0.1, 0.15) is 18.2 Å². The van der Waals surface area contributed by atoms with Crippen molar-refractivity contribution in [3.63, 3.8) is 0 Å². The number of halogens is 1. The zero-order chi connectivity index (χ0) is 13.5. The predicted octanol–water partition coefficient (Wildman–Crippen LogP) is 3.28. The van der Waals surface area contributed by atoms with Crippen LogP contribution in [0.3, 0.4) is 0 Å². The van der Waals surface area contributed by atoms with E-state index in [-0.39, 0.29) is 0 Å². The Balaban J connectivity index is 1.80. The summed E-state index contributed by atoms with van der Waals surface area (Å²) in [5.41, 5.74) is 1.90. The molecule has 1 aromatic carbocycles. The Bertz CT molecular complexity index is 499. The van der Waals surface area contributed by atoms with Crippen molar-refractivity contribution in [3.05, 3.63) is 52.9 Å². The molecule has 0 saturated heterocycles. The van der Waals surface area contributed by atoms with E-state index in [2.05, 4.69) is 15.3 Å². The standard InChI is InChI=1S/C14H16ClN3O/c1-2-16-14-8-17-13(7-18-14)10-19-9-11-3-5-12(15)6-4-11/h3-8H,2,9-10H2,1H3,(H,16,18). The summed E-state index contributed by atoms with van der Waals surface area (Å²) in [6.45, 7) is 3.84. The molecule has 19 heavy (non-hydrogen) atoms. The minimum atomic E-state index is 0.446. The smallest absolute Gasteiger partial charge is 0.144 e. The SMILES string of the molecule is CCNc1cnc(COCc2ccc(Cl)cc2)cn1. The van der Waals surface area contributed by atoms with Crippen LogP contribution in [0.5, 0.6) is 0 Å². The summed E-state index contributed by atoms with van der Waals surface area (Å²) in [6.07, 6.45) is 3.43. The Morgan fingerprint density at radius 1 is 1.11 bits per heavy atom. The molecule has 0 unspecified atom stereocenters. The summed E-state index contributed by atoms with van der Waals surface area (Å²) >= 11 is 5.82. The van der Waals surface area contributed by atoms with Gasteiger partial charge in [-0.15, -0.1) is 0 Å². The third kappa shape index (κ3) is 4.50.